The highest BCUT2D eigenvalue weighted by molar-refractivity contribution is 7.10. The van der Waals surface area contributed by atoms with Crippen LogP contribution < -0.4 is 0 Å². The molecule has 2 amide bonds. The molecule has 1 heterocycles. The van der Waals surface area contributed by atoms with Gasteiger partial charge in [0.1, 0.15) is 11.9 Å². The third-order valence-corrected chi connectivity index (χ3v) is 6.12. The predicted molar refractivity (Wildman–Crippen MR) is 117 cm³/mol. The molecule has 1 aromatic carbocycles. The highest BCUT2D eigenvalue weighted by atomic mass is 35.5. The molecule has 0 saturated carbocycles. The zero-order valence-electron chi connectivity index (χ0n) is 17.0. The van der Waals surface area contributed by atoms with Crippen LogP contribution >= 0.6 is 22.9 Å². The number of hydrogen-bond donors (Lipinski definition) is 0. The Morgan fingerprint density at radius 2 is 1.79 bits per heavy atom. The normalized spacial score (nSPS) is 13.0. The average molecular weight is 421 g/mol. The van der Waals surface area contributed by atoms with Gasteiger partial charge >= 0.3 is 0 Å². The molecule has 0 spiro atoms. The van der Waals surface area contributed by atoms with E-state index >= 15 is 0 Å². The van der Waals surface area contributed by atoms with E-state index in [1.807, 2.05) is 54.5 Å². The lowest BCUT2D eigenvalue weighted by molar-refractivity contribution is -0.142. The highest BCUT2D eigenvalue weighted by Gasteiger charge is 2.27. The summed E-state index contributed by atoms with van der Waals surface area (Å²) in [5.74, 6) is -0.265. The van der Waals surface area contributed by atoms with E-state index in [0.717, 1.165) is 16.9 Å². The minimum absolute atomic E-state index is 0.0419. The van der Waals surface area contributed by atoms with Crippen LogP contribution in [0.3, 0.4) is 0 Å². The van der Waals surface area contributed by atoms with E-state index in [0.29, 0.717) is 13.1 Å². The van der Waals surface area contributed by atoms with E-state index in [2.05, 4.69) is 13.0 Å². The minimum atomic E-state index is -0.649. The van der Waals surface area contributed by atoms with E-state index in [4.69, 9.17) is 11.6 Å². The van der Waals surface area contributed by atoms with Crippen LogP contribution in [0, 0.1) is 6.92 Å². The second kappa shape index (κ2) is 10.6. The number of rotatable bonds is 9. The summed E-state index contributed by atoms with van der Waals surface area (Å²) < 4.78 is 0. The lowest BCUT2D eigenvalue weighted by Gasteiger charge is -2.32. The van der Waals surface area contributed by atoms with Crippen molar-refractivity contribution in [2.45, 2.75) is 58.6 Å². The average Bonchev–Trinajstić information content (AvgIpc) is 3.09. The van der Waals surface area contributed by atoms with Gasteiger partial charge in [-0.1, -0.05) is 37.3 Å². The third kappa shape index (κ3) is 6.08. The molecule has 0 N–H and O–H groups in total. The van der Waals surface area contributed by atoms with E-state index < -0.39 is 5.38 Å². The number of alkyl halides is 1. The number of benzene rings is 1. The van der Waals surface area contributed by atoms with Crippen LogP contribution in [-0.2, 0) is 22.7 Å². The van der Waals surface area contributed by atoms with Crippen LogP contribution in [0.4, 0.5) is 0 Å². The van der Waals surface area contributed by atoms with E-state index in [9.17, 15) is 9.59 Å². The first-order valence-corrected chi connectivity index (χ1v) is 10.9. The standard InChI is InChI=1S/C22H29ClN2O2S/c1-5-17(3)25(22(27)18(4)23)15-21(26)24(13-19-9-7-6-8-10-19)14-20-16(2)11-12-28-20/h6-12,17-18H,5,13-15H2,1-4H3. The maximum atomic E-state index is 13.2. The first kappa shape index (κ1) is 22.4. The topological polar surface area (TPSA) is 40.6 Å². The van der Waals surface area contributed by atoms with Crippen LogP contribution in [0.25, 0.3) is 0 Å². The van der Waals surface area contributed by atoms with E-state index in [1.54, 1.807) is 23.2 Å². The maximum absolute atomic E-state index is 13.2. The zero-order valence-corrected chi connectivity index (χ0v) is 18.6. The van der Waals surface area contributed by atoms with Crippen molar-refractivity contribution in [2.75, 3.05) is 6.54 Å². The molecule has 1 aromatic heterocycles. The zero-order chi connectivity index (χ0) is 20.7. The van der Waals surface area contributed by atoms with Crippen molar-refractivity contribution in [3.63, 3.8) is 0 Å². The molecule has 0 fully saturated rings. The van der Waals surface area contributed by atoms with Crippen molar-refractivity contribution in [1.82, 2.24) is 9.80 Å². The SMILES string of the molecule is CCC(C)N(CC(=O)N(Cc1ccccc1)Cc1sccc1C)C(=O)C(C)Cl. The number of carbonyl (C=O) groups excluding carboxylic acids is 2. The van der Waals surface area contributed by atoms with Crippen LogP contribution in [0.2, 0.25) is 0 Å². The van der Waals surface area contributed by atoms with Gasteiger partial charge in [0.2, 0.25) is 11.8 Å². The van der Waals surface area contributed by atoms with Gasteiger partial charge in [0.05, 0.1) is 6.54 Å². The molecule has 0 bridgehead atoms. The number of amides is 2. The van der Waals surface area contributed by atoms with Crippen molar-refractivity contribution >= 4 is 34.8 Å². The van der Waals surface area contributed by atoms with Crippen LogP contribution in [0.15, 0.2) is 41.8 Å². The first-order chi connectivity index (χ1) is 13.3. The van der Waals surface area contributed by atoms with Gasteiger partial charge in [-0.25, -0.2) is 0 Å². The van der Waals surface area contributed by atoms with Gasteiger partial charge in [-0.15, -0.1) is 22.9 Å². The number of halogens is 1. The lowest BCUT2D eigenvalue weighted by atomic mass is 10.1. The molecule has 0 radical (unpaired) electrons. The van der Waals surface area contributed by atoms with Crippen molar-refractivity contribution < 1.29 is 9.59 Å². The fourth-order valence-electron chi connectivity index (χ4n) is 2.92. The molecule has 0 saturated heterocycles. The van der Waals surface area contributed by atoms with Gasteiger partial charge in [-0.05, 0) is 49.8 Å². The van der Waals surface area contributed by atoms with Crippen LogP contribution in [0.5, 0.6) is 0 Å². The number of carbonyl (C=O) groups is 2. The number of hydrogen-bond acceptors (Lipinski definition) is 3. The fraction of sp³-hybridized carbons (Fsp3) is 0.455. The Hall–Kier alpha value is -1.85. The van der Waals surface area contributed by atoms with Crippen molar-refractivity contribution in [2.24, 2.45) is 0 Å². The predicted octanol–water partition coefficient (Wildman–Crippen LogP) is 4.84. The van der Waals surface area contributed by atoms with E-state index in [-0.39, 0.29) is 24.4 Å². The Kier molecular flexibility index (Phi) is 8.52. The van der Waals surface area contributed by atoms with Gasteiger partial charge in [0, 0.05) is 17.5 Å². The summed E-state index contributed by atoms with van der Waals surface area (Å²) in [6, 6.07) is 12.0. The number of aryl methyl sites for hydroxylation is 1. The molecule has 2 atom stereocenters. The summed E-state index contributed by atoms with van der Waals surface area (Å²) in [5, 5.41) is 1.39. The molecule has 152 valence electrons. The largest absolute Gasteiger partial charge is 0.332 e. The maximum Gasteiger partial charge on any atom is 0.242 e. The summed E-state index contributed by atoms with van der Waals surface area (Å²) in [7, 11) is 0. The van der Waals surface area contributed by atoms with E-state index in [1.165, 1.54) is 5.56 Å². The molecule has 0 aliphatic heterocycles. The molecule has 0 aliphatic carbocycles. The number of nitrogens with zero attached hydrogens (tertiary/aromatic N) is 2. The van der Waals surface area contributed by atoms with Gasteiger partial charge in [0.15, 0.2) is 0 Å². The molecule has 0 aliphatic rings. The third-order valence-electron chi connectivity index (χ3n) is 4.92. The quantitative estimate of drug-likeness (QED) is 0.544. The molecule has 2 rings (SSSR count). The van der Waals surface area contributed by atoms with Gasteiger partial charge < -0.3 is 9.80 Å². The molecular formula is C22H29ClN2O2S. The molecule has 2 unspecified atom stereocenters. The van der Waals surface area contributed by atoms with Crippen LogP contribution in [-0.4, -0.2) is 39.6 Å². The summed E-state index contributed by atoms with van der Waals surface area (Å²) >= 11 is 7.69. The molecule has 28 heavy (non-hydrogen) atoms. The summed E-state index contributed by atoms with van der Waals surface area (Å²) in [6.45, 7) is 8.76. The van der Waals surface area contributed by atoms with Crippen LogP contribution in [0.1, 0.15) is 43.2 Å². The van der Waals surface area contributed by atoms with Gasteiger partial charge in [-0.2, -0.15) is 0 Å². The Morgan fingerprint density at radius 3 is 2.32 bits per heavy atom. The second-order valence-electron chi connectivity index (χ2n) is 7.10. The molecule has 4 nitrogen and oxygen atoms in total. The van der Waals surface area contributed by atoms with Crippen molar-refractivity contribution in [3.05, 3.63) is 57.8 Å². The summed E-state index contributed by atoms with van der Waals surface area (Å²) in [6.07, 6.45) is 0.769. The Labute approximate surface area is 177 Å². The summed E-state index contributed by atoms with van der Waals surface area (Å²) in [4.78, 5) is 30.4. The van der Waals surface area contributed by atoms with Crippen molar-refractivity contribution in [1.29, 1.82) is 0 Å². The fourth-order valence-corrected chi connectivity index (χ4v) is 3.97. The molecule has 2 aromatic rings. The smallest absolute Gasteiger partial charge is 0.242 e. The Bertz CT molecular complexity index is 776. The Morgan fingerprint density at radius 1 is 1.11 bits per heavy atom. The molecule has 6 heteroatoms. The first-order valence-electron chi connectivity index (χ1n) is 9.62. The minimum Gasteiger partial charge on any atom is -0.332 e. The van der Waals surface area contributed by atoms with Gasteiger partial charge in [0.25, 0.3) is 0 Å². The Balaban J connectivity index is 2.23. The van der Waals surface area contributed by atoms with Gasteiger partial charge in [-0.3, -0.25) is 9.59 Å². The highest BCUT2D eigenvalue weighted by Crippen LogP contribution is 2.20. The second-order valence-corrected chi connectivity index (χ2v) is 8.76. The summed E-state index contributed by atoms with van der Waals surface area (Å²) in [5.41, 5.74) is 2.25. The molecular weight excluding hydrogens is 392 g/mol. The van der Waals surface area contributed by atoms with Crippen molar-refractivity contribution in [3.8, 4) is 0 Å². The monoisotopic (exact) mass is 420 g/mol. The number of thiophene rings is 1. The lowest BCUT2D eigenvalue weighted by Crippen LogP contribution is -2.48.